The third kappa shape index (κ3) is 3.12. The van der Waals surface area contributed by atoms with Crippen LogP contribution in [0.1, 0.15) is 43.6 Å². The van der Waals surface area contributed by atoms with Gasteiger partial charge in [-0.25, -0.2) is 9.78 Å². The van der Waals surface area contributed by atoms with E-state index in [1.807, 2.05) is 11.8 Å². The summed E-state index contributed by atoms with van der Waals surface area (Å²) in [6.07, 6.45) is 7.56. The Balaban J connectivity index is 1.58. The molecular formula is C16H24N4O. The number of hydrogen-bond acceptors (Lipinski definition) is 2. The molecule has 21 heavy (non-hydrogen) atoms. The molecule has 2 amide bonds. The average molecular weight is 288 g/mol. The van der Waals surface area contributed by atoms with Crippen LogP contribution >= 0.6 is 0 Å². The predicted octanol–water partition coefficient (Wildman–Crippen LogP) is 2.43. The summed E-state index contributed by atoms with van der Waals surface area (Å²) < 4.78 is 2.24. The molecule has 1 atom stereocenters. The molecule has 5 heteroatoms. The van der Waals surface area contributed by atoms with Crippen LogP contribution in [0.25, 0.3) is 0 Å². The molecule has 0 aromatic carbocycles. The molecule has 2 aliphatic rings. The number of carbonyl (C=O) groups is 1. The highest BCUT2D eigenvalue weighted by Crippen LogP contribution is 2.26. The van der Waals surface area contributed by atoms with Crippen molar-refractivity contribution in [1.29, 1.82) is 0 Å². The summed E-state index contributed by atoms with van der Waals surface area (Å²) in [6, 6.07) is 0.0582. The maximum Gasteiger partial charge on any atom is 0.317 e. The van der Waals surface area contributed by atoms with Crippen LogP contribution in [0.2, 0.25) is 0 Å². The molecule has 0 saturated carbocycles. The first-order chi connectivity index (χ1) is 10.1. The average Bonchev–Trinajstić information content (AvgIpc) is 2.85. The Morgan fingerprint density at radius 1 is 1.43 bits per heavy atom. The molecule has 0 bridgehead atoms. The van der Waals surface area contributed by atoms with E-state index >= 15 is 0 Å². The van der Waals surface area contributed by atoms with Gasteiger partial charge in [0.05, 0.1) is 5.69 Å². The number of carbonyl (C=O) groups excluding carboxylic acids is 1. The number of nitrogens with one attached hydrogen (secondary N) is 1. The number of urea groups is 1. The third-order valence-electron chi connectivity index (χ3n) is 4.36. The van der Waals surface area contributed by atoms with Gasteiger partial charge in [0.1, 0.15) is 5.82 Å². The fourth-order valence-corrected chi connectivity index (χ4v) is 3.31. The molecule has 0 radical (unpaired) electrons. The van der Waals surface area contributed by atoms with Gasteiger partial charge >= 0.3 is 6.03 Å². The largest absolute Gasteiger partial charge is 0.337 e. The second kappa shape index (κ2) is 5.92. The zero-order valence-electron chi connectivity index (χ0n) is 12.9. The number of nitrogens with zero attached hydrogens (tertiary/aromatic N) is 3. The summed E-state index contributed by atoms with van der Waals surface area (Å²) in [6.45, 7) is 7.43. The molecule has 0 aliphatic carbocycles. The summed E-state index contributed by atoms with van der Waals surface area (Å²) >= 11 is 0. The molecule has 2 aliphatic heterocycles. The Morgan fingerprint density at radius 2 is 2.29 bits per heavy atom. The lowest BCUT2D eigenvalue weighted by Gasteiger charge is -2.28. The maximum absolute atomic E-state index is 12.3. The second-order valence-electron chi connectivity index (χ2n) is 6.22. The quantitative estimate of drug-likeness (QED) is 0.850. The van der Waals surface area contributed by atoms with Crippen molar-refractivity contribution in [3.05, 3.63) is 29.4 Å². The van der Waals surface area contributed by atoms with Gasteiger partial charge in [0.15, 0.2) is 0 Å². The molecule has 0 saturated heterocycles. The van der Waals surface area contributed by atoms with Gasteiger partial charge in [0, 0.05) is 38.3 Å². The van der Waals surface area contributed by atoms with Crippen molar-refractivity contribution in [2.24, 2.45) is 0 Å². The number of rotatable bonds is 2. The van der Waals surface area contributed by atoms with E-state index in [0.717, 1.165) is 50.4 Å². The standard InChI is InChI=1S/C16H24N4O/c1-12-5-3-8-20(10-12)16(21)17-9-14-6-4-7-19-11-13(2)18-15(14)19/h5,11,14H,3-4,6-10H2,1-2H3,(H,17,21)/t14-/m0/s1. The monoisotopic (exact) mass is 288 g/mol. The van der Waals surface area contributed by atoms with E-state index in [0.29, 0.717) is 12.5 Å². The van der Waals surface area contributed by atoms with E-state index in [-0.39, 0.29) is 6.03 Å². The van der Waals surface area contributed by atoms with Gasteiger partial charge in [-0.05, 0) is 33.1 Å². The van der Waals surface area contributed by atoms with Gasteiger partial charge < -0.3 is 14.8 Å². The Morgan fingerprint density at radius 3 is 3.10 bits per heavy atom. The molecular weight excluding hydrogens is 264 g/mol. The number of aromatic nitrogens is 2. The van der Waals surface area contributed by atoms with E-state index in [1.54, 1.807) is 0 Å². The van der Waals surface area contributed by atoms with Crippen molar-refractivity contribution in [3.8, 4) is 0 Å². The minimum Gasteiger partial charge on any atom is -0.337 e. The lowest BCUT2D eigenvalue weighted by molar-refractivity contribution is 0.199. The van der Waals surface area contributed by atoms with Crippen LogP contribution < -0.4 is 5.32 Å². The first-order valence-electron chi connectivity index (χ1n) is 7.85. The van der Waals surface area contributed by atoms with Gasteiger partial charge in [0.25, 0.3) is 0 Å². The summed E-state index contributed by atoms with van der Waals surface area (Å²) in [5, 5.41) is 3.10. The van der Waals surface area contributed by atoms with Crippen LogP contribution in [0.5, 0.6) is 0 Å². The highest BCUT2D eigenvalue weighted by Gasteiger charge is 2.24. The van der Waals surface area contributed by atoms with E-state index < -0.39 is 0 Å². The minimum atomic E-state index is 0.0582. The SMILES string of the molecule is CC1=CCCN(C(=O)NC[C@@H]2CCCn3cc(C)nc32)C1. The summed E-state index contributed by atoms with van der Waals surface area (Å²) in [4.78, 5) is 18.8. The molecule has 0 fully saturated rings. The van der Waals surface area contributed by atoms with Crippen LogP contribution in [0.15, 0.2) is 17.8 Å². The van der Waals surface area contributed by atoms with Crippen LogP contribution in [0, 0.1) is 6.92 Å². The molecule has 3 rings (SSSR count). The minimum absolute atomic E-state index is 0.0582. The highest BCUT2D eigenvalue weighted by atomic mass is 16.2. The Labute approximate surface area is 126 Å². The zero-order valence-corrected chi connectivity index (χ0v) is 12.9. The predicted molar refractivity (Wildman–Crippen MR) is 82.3 cm³/mol. The Bertz CT molecular complexity index is 561. The number of fused-ring (bicyclic) bond motifs is 1. The van der Waals surface area contributed by atoms with E-state index in [2.05, 4.69) is 34.1 Å². The first kappa shape index (κ1) is 14.2. The molecule has 0 unspecified atom stereocenters. The molecule has 1 aromatic rings. The third-order valence-corrected chi connectivity index (χ3v) is 4.36. The van der Waals surface area contributed by atoms with Gasteiger partial charge in [-0.3, -0.25) is 0 Å². The summed E-state index contributed by atoms with van der Waals surface area (Å²) in [5.74, 6) is 1.48. The molecule has 5 nitrogen and oxygen atoms in total. The van der Waals surface area contributed by atoms with Crippen molar-refractivity contribution in [1.82, 2.24) is 19.8 Å². The van der Waals surface area contributed by atoms with Gasteiger partial charge in [0.2, 0.25) is 0 Å². The van der Waals surface area contributed by atoms with Gasteiger partial charge in [-0.15, -0.1) is 0 Å². The fourth-order valence-electron chi connectivity index (χ4n) is 3.31. The molecule has 1 N–H and O–H groups in total. The van der Waals surface area contributed by atoms with Crippen molar-refractivity contribution in [2.75, 3.05) is 19.6 Å². The fraction of sp³-hybridized carbons (Fsp3) is 0.625. The number of imidazole rings is 1. The first-order valence-corrected chi connectivity index (χ1v) is 7.85. The number of aryl methyl sites for hydroxylation is 2. The Kier molecular flexibility index (Phi) is 3.99. The number of amides is 2. The van der Waals surface area contributed by atoms with Crippen molar-refractivity contribution < 1.29 is 4.79 Å². The number of hydrogen-bond donors (Lipinski definition) is 1. The van der Waals surface area contributed by atoms with Crippen molar-refractivity contribution in [3.63, 3.8) is 0 Å². The Hall–Kier alpha value is -1.78. The van der Waals surface area contributed by atoms with Crippen LogP contribution in [-0.2, 0) is 6.54 Å². The normalized spacial score (nSPS) is 21.7. The van der Waals surface area contributed by atoms with Crippen molar-refractivity contribution in [2.45, 2.75) is 45.6 Å². The molecule has 0 spiro atoms. The molecule has 1 aromatic heterocycles. The highest BCUT2D eigenvalue weighted by molar-refractivity contribution is 5.74. The lowest BCUT2D eigenvalue weighted by atomic mass is 9.99. The lowest BCUT2D eigenvalue weighted by Crippen LogP contribution is -2.44. The van der Waals surface area contributed by atoms with Gasteiger partial charge in [-0.1, -0.05) is 11.6 Å². The van der Waals surface area contributed by atoms with Gasteiger partial charge in [-0.2, -0.15) is 0 Å². The summed E-state index contributed by atoms with van der Waals surface area (Å²) in [5.41, 5.74) is 2.35. The van der Waals surface area contributed by atoms with Crippen LogP contribution in [0.3, 0.4) is 0 Å². The van der Waals surface area contributed by atoms with Crippen LogP contribution in [-0.4, -0.2) is 40.1 Å². The molecule has 114 valence electrons. The summed E-state index contributed by atoms with van der Waals surface area (Å²) in [7, 11) is 0. The van der Waals surface area contributed by atoms with E-state index in [9.17, 15) is 4.79 Å². The second-order valence-corrected chi connectivity index (χ2v) is 6.22. The molecule has 3 heterocycles. The van der Waals surface area contributed by atoms with E-state index in [1.165, 1.54) is 5.57 Å². The smallest absolute Gasteiger partial charge is 0.317 e. The zero-order chi connectivity index (χ0) is 14.8. The topological polar surface area (TPSA) is 50.2 Å². The van der Waals surface area contributed by atoms with E-state index in [4.69, 9.17) is 0 Å². The van der Waals surface area contributed by atoms with Crippen molar-refractivity contribution >= 4 is 6.03 Å². The maximum atomic E-state index is 12.3. The van der Waals surface area contributed by atoms with Crippen LogP contribution in [0.4, 0.5) is 4.79 Å².